The quantitative estimate of drug-likeness (QED) is 0.647. The Morgan fingerprint density at radius 3 is 2.38 bits per heavy atom. The number of imide groups is 1. The number of hydrogen-bond acceptors (Lipinski definition) is 5. The minimum Gasteiger partial charge on any atom is -0.273 e. The average Bonchev–Trinajstić information content (AvgIpc) is 3.26. The number of benzene rings is 2. The fourth-order valence-corrected chi connectivity index (χ4v) is 4.15. The predicted octanol–water partition coefficient (Wildman–Crippen LogP) is 3.44. The standard InChI is InChI=1S/C23H19N3O3/c1-15-8-5-6-12-18(15)25-22(27)19-20(16-9-7-13-24-14-16)26(29-21(19)23(25)28)17-10-3-2-4-11-17/h2-14,19-21H,1H3/t19-,20-,21+/m1/s1. The minimum atomic E-state index is -0.868. The van der Waals surface area contributed by atoms with Crippen molar-refractivity contribution in [3.8, 4) is 0 Å². The molecule has 6 heteroatoms. The lowest BCUT2D eigenvalue weighted by Gasteiger charge is -2.28. The molecule has 29 heavy (non-hydrogen) atoms. The highest BCUT2D eigenvalue weighted by Crippen LogP contribution is 2.47. The zero-order valence-electron chi connectivity index (χ0n) is 15.8. The molecule has 3 aromatic rings. The lowest BCUT2D eigenvalue weighted by molar-refractivity contribution is -0.126. The third-order valence-corrected chi connectivity index (χ3v) is 5.51. The Balaban J connectivity index is 1.60. The number of aromatic nitrogens is 1. The summed E-state index contributed by atoms with van der Waals surface area (Å²) >= 11 is 0. The van der Waals surface area contributed by atoms with Crippen LogP contribution in [-0.4, -0.2) is 22.9 Å². The van der Waals surface area contributed by atoms with E-state index >= 15 is 0 Å². The number of aryl methyl sites for hydroxylation is 1. The van der Waals surface area contributed by atoms with Crippen LogP contribution in [0.2, 0.25) is 0 Å². The van der Waals surface area contributed by atoms with Gasteiger partial charge in [0, 0.05) is 12.4 Å². The van der Waals surface area contributed by atoms with Gasteiger partial charge in [-0.25, -0.2) is 9.96 Å². The van der Waals surface area contributed by atoms with Gasteiger partial charge in [-0.1, -0.05) is 42.5 Å². The number of hydrogen-bond donors (Lipinski definition) is 0. The van der Waals surface area contributed by atoms with E-state index in [1.54, 1.807) is 23.5 Å². The molecule has 3 heterocycles. The first kappa shape index (κ1) is 17.6. The van der Waals surface area contributed by atoms with Crippen LogP contribution in [0, 0.1) is 12.8 Å². The van der Waals surface area contributed by atoms with Gasteiger partial charge in [0.2, 0.25) is 5.91 Å². The van der Waals surface area contributed by atoms with Gasteiger partial charge in [-0.3, -0.25) is 19.4 Å². The number of carbonyl (C=O) groups excluding carboxylic acids is 2. The molecule has 0 saturated carbocycles. The smallest absolute Gasteiger partial charge is 0.266 e. The molecule has 2 aromatic carbocycles. The molecule has 0 unspecified atom stereocenters. The lowest BCUT2D eigenvalue weighted by Crippen LogP contribution is -2.37. The summed E-state index contributed by atoms with van der Waals surface area (Å²) in [6.45, 7) is 1.89. The van der Waals surface area contributed by atoms with E-state index in [4.69, 9.17) is 4.84 Å². The third kappa shape index (κ3) is 2.72. The Hall–Kier alpha value is -3.51. The van der Waals surface area contributed by atoms with Gasteiger partial charge < -0.3 is 0 Å². The number of rotatable bonds is 3. The molecule has 0 radical (unpaired) electrons. The number of nitrogens with zero attached hydrogens (tertiary/aromatic N) is 3. The summed E-state index contributed by atoms with van der Waals surface area (Å²) in [4.78, 5) is 38.3. The second-order valence-electron chi connectivity index (χ2n) is 7.24. The van der Waals surface area contributed by atoms with Crippen LogP contribution in [0.4, 0.5) is 11.4 Å². The van der Waals surface area contributed by atoms with E-state index in [2.05, 4.69) is 4.98 Å². The predicted molar refractivity (Wildman–Crippen MR) is 108 cm³/mol. The molecule has 2 aliphatic rings. The zero-order valence-corrected chi connectivity index (χ0v) is 15.8. The number of para-hydroxylation sites is 2. The summed E-state index contributed by atoms with van der Waals surface area (Å²) in [6.07, 6.45) is 2.54. The molecule has 0 N–H and O–H groups in total. The van der Waals surface area contributed by atoms with E-state index in [0.29, 0.717) is 5.69 Å². The Labute approximate surface area is 168 Å². The van der Waals surface area contributed by atoms with Gasteiger partial charge in [-0.15, -0.1) is 0 Å². The number of carbonyl (C=O) groups is 2. The molecule has 0 aliphatic carbocycles. The molecule has 6 nitrogen and oxygen atoms in total. The van der Waals surface area contributed by atoms with Crippen molar-refractivity contribution in [2.45, 2.75) is 19.1 Å². The highest BCUT2D eigenvalue weighted by Gasteiger charge is 2.60. The van der Waals surface area contributed by atoms with Gasteiger partial charge >= 0.3 is 0 Å². The second-order valence-corrected chi connectivity index (χ2v) is 7.24. The molecule has 0 spiro atoms. The largest absolute Gasteiger partial charge is 0.273 e. The maximum atomic E-state index is 13.5. The molecule has 3 atom stereocenters. The number of fused-ring (bicyclic) bond motifs is 1. The molecule has 2 saturated heterocycles. The lowest BCUT2D eigenvalue weighted by atomic mass is 9.91. The number of hydroxylamine groups is 1. The van der Waals surface area contributed by atoms with Crippen molar-refractivity contribution in [1.82, 2.24) is 4.98 Å². The monoisotopic (exact) mass is 385 g/mol. The van der Waals surface area contributed by atoms with Gasteiger partial charge in [-0.05, 0) is 42.3 Å². The number of amides is 2. The van der Waals surface area contributed by atoms with Gasteiger partial charge in [0.1, 0.15) is 5.92 Å². The van der Waals surface area contributed by atoms with Crippen LogP contribution in [0.15, 0.2) is 79.1 Å². The molecular formula is C23H19N3O3. The normalized spacial score (nSPS) is 23.6. The summed E-state index contributed by atoms with van der Waals surface area (Å²) < 4.78 is 0. The summed E-state index contributed by atoms with van der Waals surface area (Å²) in [5.74, 6) is -1.23. The van der Waals surface area contributed by atoms with Crippen LogP contribution in [0.5, 0.6) is 0 Å². The van der Waals surface area contributed by atoms with Crippen LogP contribution in [0.3, 0.4) is 0 Å². The first-order chi connectivity index (χ1) is 14.2. The van der Waals surface area contributed by atoms with Gasteiger partial charge in [0.15, 0.2) is 6.10 Å². The Bertz CT molecular complexity index is 1070. The van der Waals surface area contributed by atoms with Crippen LogP contribution in [0.25, 0.3) is 0 Å². The van der Waals surface area contributed by atoms with Crippen molar-refractivity contribution in [3.63, 3.8) is 0 Å². The maximum absolute atomic E-state index is 13.5. The van der Waals surface area contributed by atoms with E-state index in [1.807, 2.05) is 67.6 Å². The van der Waals surface area contributed by atoms with Crippen molar-refractivity contribution in [3.05, 3.63) is 90.3 Å². The fourth-order valence-electron chi connectivity index (χ4n) is 4.15. The second kappa shape index (κ2) is 6.83. The highest BCUT2D eigenvalue weighted by atomic mass is 16.7. The van der Waals surface area contributed by atoms with Crippen molar-refractivity contribution >= 4 is 23.2 Å². The maximum Gasteiger partial charge on any atom is 0.266 e. The molecule has 5 rings (SSSR count). The van der Waals surface area contributed by atoms with Crippen LogP contribution in [0.1, 0.15) is 17.2 Å². The molecule has 144 valence electrons. The van der Waals surface area contributed by atoms with E-state index in [-0.39, 0.29) is 11.8 Å². The molecule has 2 fully saturated rings. The van der Waals surface area contributed by atoms with Crippen molar-refractivity contribution < 1.29 is 14.4 Å². The molecular weight excluding hydrogens is 366 g/mol. The van der Waals surface area contributed by atoms with Crippen molar-refractivity contribution in [1.29, 1.82) is 0 Å². The summed E-state index contributed by atoms with van der Waals surface area (Å²) in [5, 5.41) is 1.68. The highest BCUT2D eigenvalue weighted by molar-refractivity contribution is 6.24. The van der Waals surface area contributed by atoms with E-state index in [9.17, 15) is 9.59 Å². The van der Waals surface area contributed by atoms with Crippen molar-refractivity contribution in [2.75, 3.05) is 9.96 Å². The Morgan fingerprint density at radius 2 is 1.66 bits per heavy atom. The van der Waals surface area contributed by atoms with Gasteiger partial charge in [0.05, 0.1) is 17.4 Å². The van der Waals surface area contributed by atoms with Crippen LogP contribution >= 0.6 is 0 Å². The van der Waals surface area contributed by atoms with Crippen LogP contribution in [-0.2, 0) is 14.4 Å². The number of pyridine rings is 1. The van der Waals surface area contributed by atoms with E-state index < -0.39 is 18.1 Å². The Morgan fingerprint density at radius 1 is 0.897 bits per heavy atom. The minimum absolute atomic E-state index is 0.249. The molecule has 1 aromatic heterocycles. The first-order valence-corrected chi connectivity index (χ1v) is 9.51. The van der Waals surface area contributed by atoms with Gasteiger partial charge in [0.25, 0.3) is 5.91 Å². The first-order valence-electron chi connectivity index (χ1n) is 9.51. The number of anilines is 2. The summed E-state index contributed by atoms with van der Waals surface area (Å²) in [6, 6.07) is 20.2. The van der Waals surface area contributed by atoms with E-state index in [1.165, 1.54) is 4.90 Å². The van der Waals surface area contributed by atoms with Crippen LogP contribution < -0.4 is 9.96 Å². The molecule has 0 bridgehead atoms. The van der Waals surface area contributed by atoms with Crippen molar-refractivity contribution in [2.24, 2.45) is 5.92 Å². The zero-order chi connectivity index (χ0) is 20.0. The molecule has 2 aliphatic heterocycles. The molecule has 2 amide bonds. The summed E-state index contributed by atoms with van der Waals surface area (Å²) in [5.41, 5.74) is 3.10. The summed E-state index contributed by atoms with van der Waals surface area (Å²) in [7, 11) is 0. The Kier molecular flexibility index (Phi) is 4.14. The van der Waals surface area contributed by atoms with E-state index in [0.717, 1.165) is 16.8 Å². The fraction of sp³-hybridized carbons (Fsp3) is 0.174. The SMILES string of the molecule is Cc1ccccc1N1C(=O)[C@H]2[C@H](ON(c3ccccc3)[C@@H]2c2cccnc2)C1=O. The van der Waals surface area contributed by atoms with Gasteiger partial charge in [-0.2, -0.15) is 0 Å². The average molecular weight is 385 g/mol. The topological polar surface area (TPSA) is 62.7 Å². The third-order valence-electron chi connectivity index (χ3n) is 5.51.